The molecule has 3 fully saturated rings. The minimum atomic E-state index is -1.97. The van der Waals surface area contributed by atoms with E-state index >= 15 is 0 Å². The van der Waals surface area contributed by atoms with Crippen molar-refractivity contribution in [1.29, 1.82) is 0 Å². The number of benzene rings is 1. The summed E-state index contributed by atoms with van der Waals surface area (Å²) in [5.74, 6) is 1.54. The second-order valence-corrected chi connectivity index (χ2v) is 29.6. The number of rotatable bonds is 14. The van der Waals surface area contributed by atoms with E-state index in [0.29, 0.717) is 23.7 Å². The molecular weight excluding hydrogens is 661 g/mol. The third-order valence-corrected chi connectivity index (χ3v) is 23.0. The van der Waals surface area contributed by atoms with E-state index in [0.717, 1.165) is 44.9 Å². The Morgan fingerprint density at radius 1 is 0.863 bits per heavy atom. The molecule has 0 aromatic heterocycles. The lowest BCUT2D eigenvalue weighted by atomic mass is 9.66. The minimum Gasteiger partial charge on any atom is -0.459 e. The van der Waals surface area contributed by atoms with Gasteiger partial charge >= 0.3 is 5.97 Å². The van der Waals surface area contributed by atoms with Gasteiger partial charge in [-0.15, -0.1) is 0 Å². The summed E-state index contributed by atoms with van der Waals surface area (Å²) >= 11 is 0. The fourth-order valence-corrected chi connectivity index (χ4v) is 11.3. The SMILES string of the molecule is CCCCC[C@@H](/C=C/C1[C@H]2C/C(=C/C(=O)O[C@H]3CCCC[C@@H]3C(C)(C)c3ccccc3)C[C@H]2C[C@H]1O[Si](C)(C)C(C)(C)C)O[Si](C)(C)C(C)(C)C. The van der Waals surface area contributed by atoms with Gasteiger partial charge in [0.2, 0.25) is 0 Å². The Bertz CT molecular complexity index is 1330. The molecule has 288 valence electrons. The molecule has 0 spiro atoms. The van der Waals surface area contributed by atoms with Crippen LogP contribution in [-0.4, -0.2) is 40.9 Å². The van der Waals surface area contributed by atoms with Crippen molar-refractivity contribution in [2.75, 3.05) is 0 Å². The van der Waals surface area contributed by atoms with Crippen LogP contribution in [0.25, 0.3) is 0 Å². The standard InChI is InChI=1S/C45H76O4Si2/c1-14-15-17-24-36(48-50(10,11)43(2,3)4)27-28-37-38-30-33(29-34(38)32-41(37)49-51(12,13)44(5,6)7)31-42(46)47-40-26-21-20-25-39(40)45(8,9)35-22-18-16-19-23-35/h16,18-19,22-23,27-28,31,34,36-41H,14-15,17,20-21,24-26,29-30,32H2,1-13H3/b28-27+,33-31+/t34-,36-,37?,38-,39-,40-,41+/m0/s1. The van der Waals surface area contributed by atoms with E-state index in [1.807, 2.05) is 6.08 Å². The lowest BCUT2D eigenvalue weighted by Crippen LogP contribution is -2.45. The van der Waals surface area contributed by atoms with E-state index in [-0.39, 0.29) is 39.8 Å². The predicted octanol–water partition coefficient (Wildman–Crippen LogP) is 13.0. The molecule has 6 heteroatoms. The van der Waals surface area contributed by atoms with Crippen LogP contribution in [0.5, 0.6) is 0 Å². The van der Waals surface area contributed by atoms with E-state index in [9.17, 15) is 4.79 Å². The number of carbonyl (C=O) groups excluding carboxylic acids is 1. The zero-order valence-electron chi connectivity index (χ0n) is 35.1. The van der Waals surface area contributed by atoms with Crippen molar-refractivity contribution in [2.24, 2.45) is 23.7 Å². The molecule has 0 amide bonds. The summed E-state index contributed by atoms with van der Waals surface area (Å²) < 4.78 is 20.7. The minimum absolute atomic E-state index is 0.0391. The Labute approximate surface area is 316 Å². The first-order valence-electron chi connectivity index (χ1n) is 20.7. The molecule has 4 nitrogen and oxygen atoms in total. The smallest absolute Gasteiger partial charge is 0.330 e. The van der Waals surface area contributed by atoms with Gasteiger partial charge in [-0.05, 0) is 104 Å². The third-order valence-electron chi connectivity index (χ3n) is 14.0. The Kier molecular flexibility index (Phi) is 14.0. The highest BCUT2D eigenvalue weighted by molar-refractivity contribution is 6.74. The summed E-state index contributed by atoms with van der Waals surface area (Å²) in [6.07, 6.45) is 19.3. The van der Waals surface area contributed by atoms with Gasteiger partial charge in [-0.2, -0.15) is 0 Å². The van der Waals surface area contributed by atoms with Crippen LogP contribution >= 0.6 is 0 Å². The van der Waals surface area contributed by atoms with Crippen molar-refractivity contribution in [3.63, 3.8) is 0 Å². The number of allylic oxidation sites excluding steroid dienone is 1. The molecule has 1 aromatic rings. The molecule has 4 rings (SSSR count). The van der Waals surface area contributed by atoms with Crippen molar-refractivity contribution < 1.29 is 18.4 Å². The van der Waals surface area contributed by atoms with Gasteiger partial charge in [0.05, 0.1) is 12.2 Å². The van der Waals surface area contributed by atoms with Gasteiger partial charge in [0, 0.05) is 17.9 Å². The second-order valence-electron chi connectivity index (χ2n) is 20.1. The van der Waals surface area contributed by atoms with Crippen LogP contribution in [0.2, 0.25) is 36.3 Å². The van der Waals surface area contributed by atoms with Crippen LogP contribution in [0.3, 0.4) is 0 Å². The number of fused-ring (bicyclic) bond motifs is 1. The molecule has 3 aliphatic rings. The molecule has 0 N–H and O–H groups in total. The molecule has 0 saturated heterocycles. The average Bonchev–Trinajstić information content (AvgIpc) is 3.55. The van der Waals surface area contributed by atoms with Gasteiger partial charge in [-0.3, -0.25) is 0 Å². The molecule has 0 heterocycles. The summed E-state index contributed by atoms with van der Waals surface area (Å²) in [6, 6.07) is 10.8. The lowest BCUT2D eigenvalue weighted by Gasteiger charge is -2.42. The topological polar surface area (TPSA) is 44.8 Å². The summed E-state index contributed by atoms with van der Waals surface area (Å²) in [4.78, 5) is 13.6. The average molecular weight is 737 g/mol. The molecule has 7 atom stereocenters. The normalized spacial score (nSPS) is 28.0. The fourth-order valence-electron chi connectivity index (χ4n) is 8.64. The van der Waals surface area contributed by atoms with Crippen molar-refractivity contribution in [3.05, 3.63) is 59.7 Å². The lowest BCUT2D eigenvalue weighted by molar-refractivity contribution is -0.149. The highest BCUT2D eigenvalue weighted by atomic mass is 28.4. The molecule has 0 bridgehead atoms. The number of ether oxygens (including phenoxy) is 1. The maximum atomic E-state index is 13.6. The van der Waals surface area contributed by atoms with Crippen LogP contribution in [0.4, 0.5) is 0 Å². The maximum absolute atomic E-state index is 13.6. The molecule has 1 aromatic carbocycles. The molecular formula is C45H76O4Si2. The van der Waals surface area contributed by atoms with Crippen LogP contribution < -0.4 is 0 Å². The van der Waals surface area contributed by atoms with Crippen LogP contribution in [-0.2, 0) is 23.8 Å². The number of esters is 1. The monoisotopic (exact) mass is 737 g/mol. The van der Waals surface area contributed by atoms with E-state index in [1.165, 1.54) is 36.8 Å². The summed E-state index contributed by atoms with van der Waals surface area (Å²) in [5.41, 5.74) is 2.55. The Hall–Kier alpha value is -1.48. The van der Waals surface area contributed by atoms with Gasteiger partial charge in [0.25, 0.3) is 0 Å². The first kappa shape index (κ1) is 42.3. The van der Waals surface area contributed by atoms with Crippen molar-refractivity contribution >= 4 is 22.6 Å². The quantitative estimate of drug-likeness (QED) is 0.0627. The van der Waals surface area contributed by atoms with Gasteiger partial charge in [-0.1, -0.05) is 136 Å². The van der Waals surface area contributed by atoms with E-state index in [2.05, 4.69) is 131 Å². The van der Waals surface area contributed by atoms with Crippen LogP contribution in [0, 0.1) is 23.7 Å². The van der Waals surface area contributed by atoms with E-state index in [4.69, 9.17) is 13.6 Å². The largest absolute Gasteiger partial charge is 0.459 e. The fraction of sp³-hybridized carbons (Fsp3) is 0.756. The van der Waals surface area contributed by atoms with E-state index < -0.39 is 16.6 Å². The Morgan fingerprint density at radius 3 is 2.14 bits per heavy atom. The molecule has 3 saturated carbocycles. The second kappa shape index (κ2) is 16.9. The third kappa shape index (κ3) is 10.6. The summed E-state index contributed by atoms with van der Waals surface area (Å²) in [6.45, 7) is 30.6. The van der Waals surface area contributed by atoms with Gasteiger partial charge in [-0.25, -0.2) is 4.79 Å². The Balaban J connectivity index is 1.54. The van der Waals surface area contributed by atoms with E-state index in [1.54, 1.807) is 0 Å². The molecule has 1 unspecified atom stereocenters. The maximum Gasteiger partial charge on any atom is 0.330 e. The number of carbonyl (C=O) groups is 1. The molecule has 0 aliphatic heterocycles. The zero-order chi connectivity index (χ0) is 37.8. The predicted molar refractivity (Wildman–Crippen MR) is 221 cm³/mol. The number of hydrogen-bond acceptors (Lipinski definition) is 4. The number of unbranched alkanes of at least 4 members (excludes halogenated alkanes) is 2. The van der Waals surface area contributed by atoms with Gasteiger partial charge in [0.15, 0.2) is 16.6 Å². The zero-order valence-corrected chi connectivity index (χ0v) is 37.1. The molecule has 51 heavy (non-hydrogen) atoms. The van der Waals surface area contributed by atoms with Crippen molar-refractivity contribution in [3.8, 4) is 0 Å². The van der Waals surface area contributed by atoms with Crippen molar-refractivity contribution in [1.82, 2.24) is 0 Å². The first-order valence-corrected chi connectivity index (χ1v) is 26.5. The number of hydrogen-bond donors (Lipinski definition) is 0. The van der Waals surface area contributed by atoms with Crippen LogP contribution in [0.15, 0.2) is 54.1 Å². The van der Waals surface area contributed by atoms with Gasteiger partial charge in [0.1, 0.15) is 6.10 Å². The molecule has 3 aliphatic carbocycles. The Morgan fingerprint density at radius 2 is 1.51 bits per heavy atom. The summed E-state index contributed by atoms with van der Waals surface area (Å²) in [5, 5.41) is 0.332. The first-order chi connectivity index (χ1) is 23.7. The molecule has 0 radical (unpaired) electrons. The summed E-state index contributed by atoms with van der Waals surface area (Å²) in [7, 11) is -3.90. The highest BCUT2D eigenvalue weighted by Gasteiger charge is 2.50. The highest BCUT2D eigenvalue weighted by Crippen LogP contribution is 2.53. The van der Waals surface area contributed by atoms with Crippen molar-refractivity contribution in [2.45, 2.75) is 193 Å². The van der Waals surface area contributed by atoms with Gasteiger partial charge < -0.3 is 13.6 Å². The van der Waals surface area contributed by atoms with Crippen LogP contribution in [0.1, 0.15) is 139 Å².